The monoisotopic (exact) mass is 431 g/mol. The second-order valence-electron chi connectivity index (χ2n) is 8.05. The summed E-state index contributed by atoms with van der Waals surface area (Å²) in [5.74, 6) is 1.32. The Hall–Kier alpha value is -3.88. The number of nitrogens with one attached hydrogen (secondary N) is 3. The van der Waals surface area contributed by atoms with Crippen molar-refractivity contribution in [3.8, 4) is 0 Å². The minimum atomic E-state index is -0.163. The van der Waals surface area contributed by atoms with Gasteiger partial charge in [-0.25, -0.2) is 14.8 Å². The highest BCUT2D eigenvalue weighted by Crippen LogP contribution is 2.28. The van der Waals surface area contributed by atoms with Crippen molar-refractivity contribution in [3.05, 3.63) is 71.9 Å². The number of fused-ring (bicyclic) bond motifs is 1. The number of rotatable bonds is 5. The van der Waals surface area contributed by atoms with Crippen LogP contribution in [0.1, 0.15) is 34.6 Å². The predicted octanol–water partition coefficient (Wildman–Crippen LogP) is 2.75. The Morgan fingerprint density at radius 1 is 1.12 bits per heavy atom. The van der Waals surface area contributed by atoms with E-state index in [4.69, 9.17) is 0 Å². The molecule has 0 radical (unpaired) electrons. The van der Waals surface area contributed by atoms with Crippen LogP contribution in [0.5, 0.6) is 0 Å². The minimum Gasteiger partial charge on any atom is -0.356 e. The number of anilines is 2. The Kier molecular flexibility index (Phi) is 5.45. The number of hydrogen-bond acceptors (Lipinski definition) is 5. The van der Waals surface area contributed by atoms with Crippen LogP contribution >= 0.6 is 0 Å². The molecule has 5 rings (SSSR count). The number of carbonyl (C=O) groups excluding carboxylic acids is 2. The van der Waals surface area contributed by atoms with Crippen molar-refractivity contribution in [3.63, 3.8) is 0 Å². The first-order valence-corrected chi connectivity index (χ1v) is 10.8. The lowest BCUT2D eigenvalue weighted by Gasteiger charge is -2.41. The van der Waals surface area contributed by atoms with Crippen LogP contribution < -0.4 is 15.5 Å². The molecule has 2 aromatic heterocycles. The fourth-order valence-electron chi connectivity index (χ4n) is 4.32. The summed E-state index contributed by atoms with van der Waals surface area (Å²) in [4.78, 5) is 40.8. The zero-order chi connectivity index (χ0) is 21.9. The third-order valence-electron chi connectivity index (χ3n) is 6.07. The van der Waals surface area contributed by atoms with E-state index < -0.39 is 0 Å². The van der Waals surface area contributed by atoms with Crippen LogP contribution in [0.2, 0.25) is 0 Å². The van der Waals surface area contributed by atoms with Gasteiger partial charge in [-0.05, 0) is 36.6 Å². The van der Waals surface area contributed by atoms with Crippen LogP contribution in [-0.4, -0.2) is 50.9 Å². The standard InChI is InChI=1S/C23H25N7O2/c31-22(27-14-20-24-9-10-25-20)16-5-8-26-21(13-16)29-11-6-18(7-12-29)30-15-17-3-1-2-4-19(17)28-23(30)32/h1-5,8-10,13,18H,6-7,11-12,14-15H2,(H,24,25)(H,27,31)(H,28,32). The van der Waals surface area contributed by atoms with E-state index in [2.05, 4.69) is 36.6 Å². The van der Waals surface area contributed by atoms with Gasteiger partial charge in [-0.15, -0.1) is 0 Å². The summed E-state index contributed by atoms with van der Waals surface area (Å²) in [6, 6.07) is 11.6. The van der Waals surface area contributed by atoms with Gasteiger partial charge in [0.15, 0.2) is 0 Å². The third-order valence-corrected chi connectivity index (χ3v) is 6.07. The normalized spacial score (nSPS) is 16.4. The van der Waals surface area contributed by atoms with Crippen molar-refractivity contribution in [2.24, 2.45) is 0 Å². The van der Waals surface area contributed by atoms with E-state index in [1.807, 2.05) is 29.2 Å². The fraction of sp³-hybridized carbons (Fsp3) is 0.304. The Bertz CT molecular complexity index is 1110. The predicted molar refractivity (Wildman–Crippen MR) is 120 cm³/mol. The van der Waals surface area contributed by atoms with Gasteiger partial charge in [-0.2, -0.15) is 0 Å². The smallest absolute Gasteiger partial charge is 0.322 e. The maximum absolute atomic E-state index is 12.6. The molecule has 0 atom stereocenters. The first-order valence-electron chi connectivity index (χ1n) is 10.8. The number of imidazole rings is 1. The van der Waals surface area contributed by atoms with Gasteiger partial charge in [0.2, 0.25) is 0 Å². The minimum absolute atomic E-state index is 0.0319. The van der Waals surface area contributed by atoms with Crippen molar-refractivity contribution >= 4 is 23.4 Å². The molecule has 2 aliphatic rings. The quantitative estimate of drug-likeness (QED) is 0.576. The van der Waals surface area contributed by atoms with E-state index in [1.54, 1.807) is 24.7 Å². The number of piperidine rings is 1. The molecule has 9 heteroatoms. The summed E-state index contributed by atoms with van der Waals surface area (Å²) < 4.78 is 0. The van der Waals surface area contributed by atoms with Crippen molar-refractivity contribution in [2.75, 3.05) is 23.3 Å². The molecule has 3 amide bonds. The maximum Gasteiger partial charge on any atom is 0.322 e. The molecule has 1 saturated heterocycles. The number of hydrogen-bond donors (Lipinski definition) is 3. The lowest BCUT2D eigenvalue weighted by Crippen LogP contribution is -2.50. The summed E-state index contributed by atoms with van der Waals surface area (Å²) in [6.45, 7) is 2.54. The second-order valence-corrected chi connectivity index (χ2v) is 8.05. The number of amides is 3. The highest BCUT2D eigenvalue weighted by Gasteiger charge is 2.31. The van der Waals surface area contributed by atoms with Crippen LogP contribution in [0.4, 0.5) is 16.3 Å². The van der Waals surface area contributed by atoms with Crippen molar-refractivity contribution in [2.45, 2.75) is 32.0 Å². The average Bonchev–Trinajstić information content (AvgIpc) is 3.36. The fourth-order valence-corrected chi connectivity index (χ4v) is 4.32. The number of carbonyl (C=O) groups is 2. The van der Waals surface area contributed by atoms with Gasteiger partial charge in [0.25, 0.3) is 5.91 Å². The summed E-state index contributed by atoms with van der Waals surface area (Å²) >= 11 is 0. The van der Waals surface area contributed by atoms with Crippen LogP contribution in [0, 0.1) is 0 Å². The van der Waals surface area contributed by atoms with E-state index in [0.717, 1.165) is 43.0 Å². The molecule has 3 N–H and O–H groups in total. The van der Waals surface area contributed by atoms with Gasteiger partial charge >= 0.3 is 6.03 Å². The van der Waals surface area contributed by atoms with Crippen molar-refractivity contribution in [1.29, 1.82) is 0 Å². The Morgan fingerprint density at radius 3 is 2.78 bits per heavy atom. The first kappa shape index (κ1) is 20.0. The highest BCUT2D eigenvalue weighted by atomic mass is 16.2. The summed E-state index contributed by atoms with van der Waals surface area (Å²) in [7, 11) is 0. The van der Waals surface area contributed by atoms with E-state index >= 15 is 0 Å². The second kappa shape index (κ2) is 8.70. The average molecular weight is 432 g/mol. The van der Waals surface area contributed by atoms with E-state index in [-0.39, 0.29) is 18.0 Å². The largest absolute Gasteiger partial charge is 0.356 e. The molecular formula is C23H25N7O2. The van der Waals surface area contributed by atoms with Gasteiger partial charge in [-0.1, -0.05) is 18.2 Å². The van der Waals surface area contributed by atoms with Crippen molar-refractivity contribution in [1.82, 2.24) is 25.2 Å². The summed E-state index contributed by atoms with van der Waals surface area (Å²) in [5, 5.41) is 5.87. The molecule has 1 aromatic carbocycles. The molecule has 32 heavy (non-hydrogen) atoms. The van der Waals surface area contributed by atoms with Gasteiger partial charge in [-0.3, -0.25) is 4.79 Å². The van der Waals surface area contributed by atoms with E-state index in [1.165, 1.54) is 0 Å². The zero-order valence-corrected chi connectivity index (χ0v) is 17.6. The molecule has 0 saturated carbocycles. The summed E-state index contributed by atoms with van der Waals surface area (Å²) in [5.41, 5.74) is 2.61. The van der Waals surface area contributed by atoms with Crippen LogP contribution in [0.15, 0.2) is 55.0 Å². The molecule has 0 spiro atoms. The number of benzene rings is 1. The maximum atomic E-state index is 12.6. The lowest BCUT2D eigenvalue weighted by molar-refractivity contribution is 0.0949. The Balaban J connectivity index is 1.20. The molecule has 9 nitrogen and oxygen atoms in total. The molecule has 3 aromatic rings. The van der Waals surface area contributed by atoms with Crippen LogP contribution in [0.3, 0.4) is 0 Å². The number of nitrogens with zero attached hydrogens (tertiary/aromatic N) is 4. The molecule has 0 aliphatic carbocycles. The van der Waals surface area contributed by atoms with E-state index in [9.17, 15) is 9.59 Å². The molecule has 164 valence electrons. The number of aromatic amines is 1. The van der Waals surface area contributed by atoms with Gasteiger partial charge in [0.05, 0.1) is 6.54 Å². The summed E-state index contributed by atoms with van der Waals surface area (Å²) in [6.07, 6.45) is 6.75. The highest BCUT2D eigenvalue weighted by molar-refractivity contribution is 5.94. The van der Waals surface area contributed by atoms with Gasteiger partial charge < -0.3 is 25.4 Å². The Labute approximate surface area is 185 Å². The SMILES string of the molecule is O=C(NCc1ncc[nH]1)c1ccnc(N2CCC(N3Cc4ccccc4NC3=O)CC2)c1. The molecular weight excluding hydrogens is 406 g/mol. The topological polar surface area (TPSA) is 106 Å². The van der Waals surface area contributed by atoms with E-state index in [0.29, 0.717) is 24.5 Å². The van der Waals surface area contributed by atoms with Gasteiger partial charge in [0, 0.05) is 55.5 Å². The number of para-hydroxylation sites is 1. The molecule has 2 aliphatic heterocycles. The first-order chi connectivity index (χ1) is 15.7. The van der Waals surface area contributed by atoms with Crippen LogP contribution in [0.25, 0.3) is 0 Å². The molecule has 1 fully saturated rings. The molecule has 0 unspecified atom stereocenters. The Morgan fingerprint density at radius 2 is 1.97 bits per heavy atom. The van der Waals surface area contributed by atoms with Crippen molar-refractivity contribution < 1.29 is 9.59 Å². The molecule has 4 heterocycles. The zero-order valence-electron chi connectivity index (χ0n) is 17.6. The van der Waals surface area contributed by atoms with Crippen LogP contribution in [-0.2, 0) is 13.1 Å². The number of pyridine rings is 1. The third kappa shape index (κ3) is 4.14. The number of urea groups is 1. The number of aromatic nitrogens is 3. The number of H-pyrrole nitrogens is 1. The lowest BCUT2D eigenvalue weighted by atomic mass is 10.0. The molecule has 0 bridgehead atoms. The van der Waals surface area contributed by atoms with Gasteiger partial charge in [0.1, 0.15) is 11.6 Å².